The lowest BCUT2D eigenvalue weighted by Crippen LogP contribution is -2.52. The summed E-state index contributed by atoms with van der Waals surface area (Å²) in [6.07, 6.45) is 0. The minimum absolute atomic E-state index is 0.647. The first-order valence-corrected chi connectivity index (χ1v) is 7.27. The lowest BCUT2D eigenvalue weighted by atomic mass is 10.0. The maximum atomic E-state index is 4.65. The molecule has 1 unspecified atom stereocenters. The Hall–Kier alpha value is -0.450. The van der Waals surface area contributed by atoms with Crippen LogP contribution in [0.15, 0.2) is 0 Å². The molecule has 0 amide bonds. The molecule has 0 aliphatic carbocycles. The predicted octanol–water partition coefficient (Wildman–Crippen LogP) is 2.19. The van der Waals surface area contributed by atoms with Gasteiger partial charge in [-0.3, -0.25) is 4.90 Å². The molecule has 1 aliphatic rings. The van der Waals surface area contributed by atoms with Crippen LogP contribution in [0.5, 0.6) is 0 Å². The molecule has 1 fully saturated rings. The molecule has 0 radical (unpaired) electrons. The summed E-state index contributed by atoms with van der Waals surface area (Å²) in [4.78, 5) is 8.59. The number of nitrogens with zero attached hydrogens (tertiary/aromatic N) is 2. The Morgan fingerprint density at radius 3 is 2.82 bits per heavy atom. The molecule has 1 aliphatic heterocycles. The van der Waals surface area contributed by atoms with Gasteiger partial charge in [-0.2, -0.15) is 0 Å². The van der Waals surface area contributed by atoms with Crippen molar-refractivity contribution in [3.05, 3.63) is 15.6 Å². The van der Waals surface area contributed by atoms with Crippen molar-refractivity contribution >= 4 is 11.3 Å². The largest absolute Gasteiger partial charge is 0.314 e. The molecule has 1 aromatic heterocycles. The highest BCUT2D eigenvalue weighted by atomic mass is 32.1. The third-order valence-corrected chi connectivity index (χ3v) is 4.64. The van der Waals surface area contributed by atoms with Gasteiger partial charge in [0.15, 0.2) is 0 Å². The molecule has 0 saturated carbocycles. The third-order valence-electron chi connectivity index (χ3n) is 3.58. The molecular formula is C13H23N3S. The van der Waals surface area contributed by atoms with Gasteiger partial charge in [0, 0.05) is 30.6 Å². The Morgan fingerprint density at radius 1 is 1.47 bits per heavy atom. The Morgan fingerprint density at radius 2 is 2.24 bits per heavy atom. The summed E-state index contributed by atoms with van der Waals surface area (Å²) in [6.45, 7) is 13.3. The van der Waals surface area contributed by atoms with Crippen LogP contribution in [0.4, 0.5) is 0 Å². The second kappa shape index (κ2) is 5.46. The zero-order valence-electron chi connectivity index (χ0n) is 11.3. The molecule has 4 heteroatoms. The van der Waals surface area contributed by atoms with E-state index in [1.807, 2.05) is 11.3 Å². The molecular weight excluding hydrogens is 230 g/mol. The smallest absolute Gasteiger partial charge is 0.107 e. The van der Waals surface area contributed by atoms with Gasteiger partial charge >= 0.3 is 0 Å². The van der Waals surface area contributed by atoms with Crippen LogP contribution in [-0.2, 0) is 6.54 Å². The van der Waals surface area contributed by atoms with Crippen LogP contribution >= 0.6 is 11.3 Å². The van der Waals surface area contributed by atoms with Gasteiger partial charge in [-0.15, -0.1) is 11.3 Å². The number of aromatic nitrogens is 1. The average Bonchev–Trinajstić information content (AvgIpc) is 2.58. The number of hydrogen-bond donors (Lipinski definition) is 1. The van der Waals surface area contributed by atoms with Crippen LogP contribution < -0.4 is 5.32 Å². The van der Waals surface area contributed by atoms with E-state index in [9.17, 15) is 0 Å². The Bertz CT molecular complexity index is 353. The van der Waals surface area contributed by atoms with Crippen molar-refractivity contribution in [2.45, 2.75) is 40.3 Å². The van der Waals surface area contributed by atoms with Crippen molar-refractivity contribution < 1.29 is 0 Å². The zero-order valence-corrected chi connectivity index (χ0v) is 12.1. The fraction of sp³-hybridized carbons (Fsp3) is 0.769. The number of hydrogen-bond acceptors (Lipinski definition) is 4. The van der Waals surface area contributed by atoms with Crippen LogP contribution in [0.1, 0.15) is 29.4 Å². The molecule has 96 valence electrons. The normalized spacial score (nSPS) is 22.3. The van der Waals surface area contributed by atoms with E-state index < -0.39 is 0 Å². The van der Waals surface area contributed by atoms with Crippen molar-refractivity contribution in [2.24, 2.45) is 5.92 Å². The highest BCUT2D eigenvalue weighted by molar-refractivity contribution is 7.11. The SMILES string of the molecule is Cc1nc(CN2CCNCC2C(C)C)sc1C. The molecule has 17 heavy (non-hydrogen) atoms. The van der Waals surface area contributed by atoms with Crippen molar-refractivity contribution in [2.75, 3.05) is 19.6 Å². The quantitative estimate of drug-likeness (QED) is 0.895. The molecule has 2 heterocycles. The molecule has 2 rings (SSSR count). The lowest BCUT2D eigenvalue weighted by molar-refractivity contribution is 0.117. The van der Waals surface area contributed by atoms with E-state index in [0.717, 1.165) is 26.2 Å². The molecule has 1 aromatic rings. The minimum atomic E-state index is 0.647. The van der Waals surface area contributed by atoms with Crippen molar-refractivity contribution in [1.29, 1.82) is 0 Å². The summed E-state index contributed by atoms with van der Waals surface area (Å²) in [5.74, 6) is 0.699. The van der Waals surface area contributed by atoms with Gasteiger partial charge in [0.25, 0.3) is 0 Å². The first kappa shape index (κ1) is 13.0. The summed E-state index contributed by atoms with van der Waals surface area (Å²) in [5.41, 5.74) is 1.20. The number of piperazine rings is 1. The highest BCUT2D eigenvalue weighted by Gasteiger charge is 2.25. The van der Waals surface area contributed by atoms with Crippen LogP contribution in [0, 0.1) is 19.8 Å². The molecule has 0 aromatic carbocycles. The molecule has 1 saturated heterocycles. The van der Waals surface area contributed by atoms with Crippen molar-refractivity contribution in [3.8, 4) is 0 Å². The first-order valence-electron chi connectivity index (χ1n) is 6.45. The van der Waals surface area contributed by atoms with Crippen LogP contribution in [0.25, 0.3) is 0 Å². The number of rotatable bonds is 3. The van der Waals surface area contributed by atoms with E-state index in [1.54, 1.807) is 0 Å². The predicted molar refractivity (Wildman–Crippen MR) is 73.5 cm³/mol. The van der Waals surface area contributed by atoms with Gasteiger partial charge in [0.05, 0.1) is 12.2 Å². The molecule has 3 nitrogen and oxygen atoms in total. The summed E-state index contributed by atoms with van der Waals surface area (Å²) in [7, 11) is 0. The van der Waals surface area contributed by atoms with Gasteiger partial charge in [-0.1, -0.05) is 13.8 Å². The topological polar surface area (TPSA) is 28.2 Å². The number of aryl methyl sites for hydroxylation is 2. The molecule has 0 spiro atoms. The van der Waals surface area contributed by atoms with E-state index in [1.165, 1.54) is 15.6 Å². The maximum absolute atomic E-state index is 4.65. The van der Waals surface area contributed by atoms with Gasteiger partial charge < -0.3 is 5.32 Å². The van der Waals surface area contributed by atoms with Crippen molar-refractivity contribution in [3.63, 3.8) is 0 Å². The van der Waals surface area contributed by atoms with Gasteiger partial charge in [-0.25, -0.2) is 4.98 Å². The second-order valence-corrected chi connectivity index (χ2v) is 6.52. The van der Waals surface area contributed by atoms with Crippen LogP contribution in [0.2, 0.25) is 0 Å². The first-order chi connectivity index (χ1) is 8.08. The van der Waals surface area contributed by atoms with Crippen molar-refractivity contribution in [1.82, 2.24) is 15.2 Å². The Balaban J connectivity index is 2.05. The van der Waals surface area contributed by atoms with Gasteiger partial charge in [-0.05, 0) is 19.8 Å². The second-order valence-electron chi connectivity index (χ2n) is 5.24. The van der Waals surface area contributed by atoms with Gasteiger partial charge in [0.1, 0.15) is 5.01 Å². The summed E-state index contributed by atoms with van der Waals surface area (Å²) < 4.78 is 0. The molecule has 0 bridgehead atoms. The minimum Gasteiger partial charge on any atom is -0.314 e. The van der Waals surface area contributed by atoms with E-state index >= 15 is 0 Å². The lowest BCUT2D eigenvalue weighted by Gasteiger charge is -2.38. The van der Waals surface area contributed by atoms with E-state index in [0.29, 0.717) is 12.0 Å². The fourth-order valence-corrected chi connectivity index (χ4v) is 3.36. The average molecular weight is 253 g/mol. The monoisotopic (exact) mass is 253 g/mol. The van der Waals surface area contributed by atoms with Gasteiger partial charge in [0.2, 0.25) is 0 Å². The number of nitrogens with one attached hydrogen (secondary N) is 1. The summed E-state index contributed by atoms with van der Waals surface area (Å²) >= 11 is 1.85. The zero-order chi connectivity index (χ0) is 12.4. The summed E-state index contributed by atoms with van der Waals surface area (Å²) in [6, 6.07) is 0.647. The van der Waals surface area contributed by atoms with E-state index in [2.05, 4.69) is 42.9 Å². The fourth-order valence-electron chi connectivity index (χ4n) is 2.40. The third kappa shape index (κ3) is 3.06. The Labute approximate surface area is 108 Å². The van der Waals surface area contributed by atoms with E-state index in [4.69, 9.17) is 0 Å². The van der Waals surface area contributed by atoms with Crippen LogP contribution in [-0.4, -0.2) is 35.6 Å². The summed E-state index contributed by atoms with van der Waals surface area (Å²) in [5, 5.41) is 4.76. The number of thiazole rings is 1. The Kier molecular flexibility index (Phi) is 4.17. The highest BCUT2D eigenvalue weighted by Crippen LogP contribution is 2.21. The van der Waals surface area contributed by atoms with E-state index in [-0.39, 0.29) is 0 Å². The maximum Gasteiger partial charge on any atom is 0.107 e. The molecule has 1 N–H and O–H groups in total. The standard InChI is InChI=1S/C13H23N3S/c1-9(2)12-7-14-5-6-16(12)8-13-15-10(3)11(4)17-13/h9,12,14H,5-8H2,1-4H3. The van der Waals surface area contributed by atoms with Crippen LogP contribution in [0.3, 0.4) is 0 Å². The molecule has 1 atom stereocenters.